The molecular formula is C20H17N5O2S. The van der Waals surface area contributed by atoms with Gasteiger partial charge in [-0.2, -0.15) is 5.10 Å². The summed E-state index contributed by atoms with van der Waals surface area (Å²) >= 11 is 1.45. The van der Waals surface area contributed by atoms with Crippen molar-refractivity contribution < 1.29 is 4.79 Å². The van der Waals surface area contributed by atoms with E-state index < -0.39 is 0 Å². The third-order valence-corrected chi connectivity index (χ3v) is 5.35. The van der Waals surface area contributed by atoms with Crippen LogP contribution in [-0.2, 0) is 18.4 Å². The Labute approximate surface area is 165 Å². The van der Waals surface area contributed by atoms with Gasteiger partial charge in [-0.25, -0.2) is 9.67 Å². The minimum atomic E-state index is -0.322. The number of hydrogen-bond acceptors (Lipinski definition) is 5. The van der Waals surface area contributed by atoms with Crippen molar-refractivity contribution in [2.24, 2.45) is 7.05 Å². The molecule has 0 saturated carbocycles. The Morgan fingerprint density at radius 1 is 1.14 bits per heavy atom. The summed E-state index contributed by atoms with van der Waals surface area (Å²) in [6, 6.07) is 14.7. The zero-order valence-corrected chi connectivity index (χ0v) is 15.9. The molecule has 0 saturated heterocycles. The SMILES string of the molecule is Cn1ccnc1Sc1ccccc1NC(=O)Cn1ncc2ccccc2c1=O. The normalized spacial score (nSPS) is 10.9. The molecule has 0 spiro atoms. The van der Waals surface area contributed by atoms with Crippen LogP contribution in [0, 0.1) is 0 Å². The van der Waals surface area contributed by atoms with Crippen molar-refractivity contribution in [1.82, 2.24) is 19.3 Å². The van der Waals surface area contributed by atoms with Gasteiger partial charge in [-0.05, 0) is 30.0 Å². The van der Waals surface area contributed by atoms with Gasteiger partial charge in [0.2, 0.25) is 5.91 Å². The van der Waals surface area contributed by atoms with E-state index in [2.05, 4.69) is 15.4 Å². The number of para-hydroxylation sites is 1. The summed E-state index contributed by atoms with van der Waals surface area (Å²) in [6.07, 6.45) is 5.18. The zero-order chi connectivity index (χ0) is 19.5. The van der Waals surface area contributed by atoms with E-state index in [0.29, 0.717) is 11.1 Å². The summed E-state index contributed by atoms with van der Waals surface area (Å²) in [5.74, 6) is -0.322. The molecule has 1 amide bonds. The third kappa shape index (κ3) is 3.67. The number of carbonyl (C=O) groups is 1. The Bertz CT molecular complexity index is 1210. The maximum atomic E-state index is 12.6. The molecule has 0 aliphatic carbocycles. The topological polar surface area (TPSA) is 81.8 Å². The Morgan fingerprint density at radius 2 is 1.93 bits per heavy atom. The molecule has 28 heavy (non-hydrogen) atoms. The third-order valence-electron chi connectivity index (χ3n) is 4.19. The molecule has 0 fully saturated rings. The number of benzene rings is 2. The van der Waals surface area contributed by atoms with Gasteiger partial charge in [0, 0.05) is 29.7 Å². The first-order valence-corrected chi connectivity index (χ1v) is 9.42. The standard InChI is InChI=1S/C20H17N5O2S/c1-24-11-10-21-20(24)28-17-9-5-4-8-16(17)23-18(26)13-25-19(27)15-7-3-2-6-14(15)12-22-25/h2-12H,13H2,1H3,(H,23,26). The number of carbonyl (C=O) groups excluding carboxylic acids is 1. The van der Waals surface area contributed by atoms with Gasteiger partial charge in [-0.15, -0.1) is 0 Å². The van der Waals surface area contributed by atoms with Gasteiger partial charge in [0.05, 0.1) is 17.3 Å². The van der Waals surface area contributed by atoms with Gasteiger partial charge in [-0.1, -0.05) is 30.3 Å². The van der Waals surface area contributed by atoms with Gasteiger partial charge in [0.15, 0.2) is 5.16 Å². The Morgan fingerprint density at radius 3 is 2.75 bits per heavy atom. The van der Waals surface area contributed by atoms with Crippen molar-refractivity contribution >= 4 is 34.1 Å². The molecule has 0 bridgehead atoms. The van der Waals surface area contributed by atoms with Crippen molar-refractivity contribution in [2.75, 3.05) is 5.32 Å². The molecule has 0 atom stereocenters. The van der Waals surface area contributed by atoms with Gasteiger partial charge >= 0.3 is 0 Å². The summed E-state index contributed by atoms with van der Waals surface area (Å²) < 4.78 is 3.08. The predicted octanol–water partition coefficient (Wildman–Crippen LogP) is 2.92. The number of nitrogens with one attached hydrogen (secondary N) is 1. The average molecular weight is 391 g/mol. The second kappa shape index (κ2) is 7.69. The van der Waals surface area contributed by atoms with E-state index in [1.165, 1.54) is 16.4 Å². The highest BCUT2D eigenvalue weighted by Gasteiger charge is 2.12. The lowest BCUT2D eigenvalue weighted by molar-refractivity contribution is -0.117. The molecule has 0 unspecified atom stereocenters. The van der Waals surface area contributed by atoms with Crippen LogP contribution >= 0.6 is 11.8 Å². The van der Waals surface area contributed by atoms with Gasteiger partial charge in [0.1, 0.15) is 6.54 Å². The first kappa shape index (κ1) is 18.0. The number of amides is 1. The predicted molar refractivity (Wildman–Crippen MR) is 108 cm³/mol. The quantitative estimate of drug-likeness (QED) is 0.566. The van der Waals surface area contributed by atoms with Crippen molar-refractivity contribution in [3.8, 4) is 0 Å². The number of aryl methyl sites for hydroxylation is 1. The van der Waals surface area contributed by atoms with Gasteiger partial charge in [-0.3, -0.25) is 9.59 Å². The fraction of sp³-hybridized carbons (Fsp3) is 0.100. The van der Waals surface area contributed by atoms with Crippen LogP contribution < -0.4 is 10.9 Å². The largest absolute Gasteiger partial charge is 0.329 e. The highest BCUT2D eigenvalue weighted by Crippen LogP contribution is 2.32. The van der Waals surface area contributed by atoms with Crippen LogP contribution in [-0.4, -0.2) is 25.2 Å². The molecule has 0 aliphatic rings. The van der Waals surface area contributed by atoms with Crippen molar-refractivity contribution in [1.29, 1.82) is 0 Å². The van der Waals surface area contributed by atoms with Crippen LogP contribution in [0.15, 0.2) is 82.0 Å². The van der Waals surface area contributed by atoms with E-state index in [1.807, 2.05) is 54.2 Å². The average Bonchev–Trinajstić information content (AvgIpc) is 3.10. The fourth-order valence-electron chi connectivity index (χ4n) is 2.77. The van der Waals surface area contributed by atoms with Crippen LogP contribution in [0.2, 0.25) is 0 Å². The van der Waals surface area contributed by atoms with E-state index in [-0.39, 0.29) is 18.0 Å². The smallest absolute Gasteiger partial charge is 0.275 e. The molecular weight excluding hydrogens is 374 g/mol. The van der Waals surface area contributed by atoms with Crippen LogP contribution in [0.5, 0.6) is 0 Å². The number of rotatable bonds is 5. The minimum absolute atomic E-state index is 0.162. The number of hydrogen-bond donors (Lipinski definition) is 1. The summed E-state index contributed by atoms with van der Waals surface area (Å²) in [4.78, 5) is 30.3. The van der Waals surface area contributed by atoms with Gasteiger partial charge in [0.25, 0.3) is 5.56 Å². The maximum Gasteiger partial charge on any atom is 0.275 e. The number of fused-ring (bicyclic) bond motifs is 1. The Balaban J connectivity index is 1.54. The Hall–Kier alpha value is -3.39. The molecule has 0 aliphatic heterocycles. The first-order chi connectivity index (χ1) is 13.6. The second-order valence-electron chi connectivity index (χ2n) is 6.16. The lowest BCUT2D eigenvalue weighted by atomic mass is 10.2. The molecule has 0 radical (unpaired) electrons. The van der Waals surface area contributed by atoms with E-state index >= 15 is 0 Å². The van der Waals surface area contributed by atoms with E-state index in [9.17, 15) is 9.59 Å². The molecule has 2 aromatic heterocycles. The first-order valence-electron chi connectivity index (χ1n) is 8.61. The number of nitrogens with zero attached hydrogens (tertiary/aromatic N) is 4. The van der Waals surface area contributed by atoms with Crippen LogP contribution in [0.25, 0.3) is 10.8 Å². The number of aromatic nitrogens is 4. The summed E-state index contributed by atoms with van der Waals surface area (Å²) in [5.41, 5.74) is 0.373. The Kier molecular flexibility index (Phi) is 4.94. The molecule has 7 nitrogen and oxygen atoms in total. The summed E-state index contributed by atoms with van der Waals surface area (Å²) in [5, 5.41) is 9.08. The molecule has 2 heterocycles. The fourth-order valence-corrected chi connectivity index (χ4v) is 3.66. The van der Waals surface area contributed by atoms with Crippen molar-refractivity contribution in [3.63, 3.8) is 0 Å². The molecule has 140 valence electrons. The van der Waals surface area contributed by atoms with Gasteiger partial charge < -0.3 is 9.88 Å². The lowest BCUT2D eigenvalue weighted by Gasteiger charge is -2.11. The molecule has 2 aromatic carbocycles. The minimum Gasteiger partial charge on any atom is -0.329 e. The van der Waals surface area contributed by atoms with Crippen LogP contribution in [0.1, 0.15) is 0 Å². The van der Waals surface area contributed by atoms with Crippen LogP contribution in [0.4, 0.5) is 5.69 Å². The van der Waals surface area contributed by atoms with Crippen molar-refractivity contribution in [2.45, 2.75) is 16.6 Å². The van der Waals surface area contributed by atoms with Crippen molar-refractivity contribution in [3.05, 3.63) is 77.5 Å². The van der Waals surface area contributed by atoms with E-state index in [1.54, 1.807) is 24.5 Å². The molecule has 8 heteroatoms. The highest BCUT2D eigenvalue weighted by atomic mass is 32.2. The summed E-state index contributed by atoms with van der Waals surface area (Å²) in [6.45, 7) is -0.162. The number of imidazole rings is 1. The molecule has 4 rings (SSSR count). The second-order valence-corrected chi connectivity index (χ2v) is 7.17. The maximum absolute atomic E-state index is 12.6. The van der Waals surface area contributed by atoms with E-state index in [4.69, 9.17) is 0 Å². The monoisotopic (exact) mass is 391 g/mol. The zero-order valence-electron chi connectivity index (χ0n) is 15.1. The lowest BCUT2D eigenvalue weighted by Crippen LogP contribution is -2.29. The van der Waals surface area contributed by atoms with Crippen LogP contribution in [0.3, 0.4) is 0 Å². The highest BCUT2D eigenvalue weighted by molar-refractivity contribution is 7.99. The van der Waals surface area contributed by atoms with E-state index in [0.717, 1.165) is 15.4 Å². The molecule has 1 N–H and O–H groups in total. The summed E-state index contributed by atoms with van der Waals surface area (Å²) in [7, 11) is 1.91. The number of anilines is 1. The molecule has 4 aromatic rings.